The molecule has 0 aliphatic carbocycles. The molecule has 1 rings (SSSR count). The van der Waals surface area contributed by atoms with Crippen molar-refractivity contribution in [3.8, 4) is 0 Å². The third-order valence-electron chi connectivity index (χ3n) is 1.78. The average molecular weight is 587 g/mol. The number of carbonyl (C=O) groups excluding carboxylic acids is 1. The lowest BCUT2D eigenvalue weighted by atomic mass is 10.3. The van der Waals surface area contributed by atoms with Crippen LogP contribution in [0.5, 0.6) is 0 Å². The molecule has 0 saturated carbocycles. The SMILES string of the molecule is O=C(O)CCOC(=O)Nc1cc(I)c(I)c(I)c1. The fourth-order valence-corrected chi connectivity index (χ4v) is 3.09. The molecule has 8 heteroatoms. The van der Waals surface area contributed by atoms with Gasteiger partial charge in [-0.3, -0.25) is 10.1 Å². The first-order valence-electron chi connectivity index (χ1n) is 4.70. The number of amides is 1. The van der Waals surface area contributed by atoms with Crippen LogP contribution in [-0.2, 0) is 9.53 Å². The zero-order valence-corrected chi connectivity index (χ0v) is 15.3. The number of ether oxygens (including phenoxy) is 1. The van der Waals surface area contributed by atoms with Crippen LogP contribution in [-0.4, -0.2) is 23.8 Å². The Labute approximate surface area is 144 Å². The molecule has 0 aliphatic rings. The molecule has 0 aromatic heterocycles. The highest BCUT2D eigenvalue weighted by Crippen LogP contribution is 2.25. The van der Waals surface area contributed by atoms with E-state index < -0.39 is 12.1 Å². The van der Waals surface area contributed by atoms with E-state index in [0.717, 1.165) is 10.7 Å². The summed E-state index contributed by atoms with van der Waals surface area (Å²) in [5.41, 5.74) is 0.629. The second-order valence-electron chi connectivity index (χ2n) is 3.16. The number of carbonyl (C=O) groups is 2. The minimum Gasteiger partial charge on any atom is -0.481 e. The van der Waals surface area contributed by atoms with E-state index in [2.05, 4.69) is 73.1 Å². The molecule has 0 radical (unpaired) electrons. The van der Waals surface area contributed by atoms with Crippen molar-refractivity contribution in [2.75, 3.05) is 11.9 Å². The van der Waals surface area contributed by atoms with Crippen LogP contribution in [0.4, 0.5) is 10.5 Å². The first kappa shape index (κ1) is 16.2. The molecule has 2 N–H and O–H groups in total. The number of carboxylic acid groups (broad SMARTS) is 1. The van der Waals surface area contributed by atoms with Gasteiger partial charge in [0.15, 0.2) is 0 Å². The maximum Gasteiger partial charge on any atom is 0.411 e. The maximum absolute atomic E-state index is 11.4. The van der Waals surface area contributed by atoms with Crippen molar-refractivity contribution in [2.24, 2.45) is 0 Å². The third kappa shape index (κ3) is 5.42. The van der Waals surface area contributed by atoms with Crippen LogP contribution in [0.2, 0.25) is 0 Å². The third-order valence-corrected chi connectivity index (χ3v) is 6.71. The van der Waals surface area contributed by atoms with Gasteiger partial charge in [-0.2, -0.15) is 0 Å². The Bertz CT molecular complexity index is 455. The van der Waals surface area contributed by atoms with Crippen LogP contribution in [0.15, 0.2) is 12.1 Å². The molecule has 5 nitrogen and oxygen atoms in total. The second-order valence-corrected chi connectivity index (χ2v) is 6.56. The van der Waals surface area contributed by atoms with Crippen molar-refractivity contribution in [3.63, 3.8) is 0 Å². The Hall–Kier alpha value is 0.150. The molecular formula is C10H8I3NO4. The fraction of sp³-hybridized carbons (Fsp3) is 0.200. The number of anilines is 1. The molecule has 18 heavy (non-hydrogen) atoms. The van der Waals surface area contributed by atoms with Gasteiger partial charge in [0, 0.05) is 16.4 Å². The molecular weight excluding hydrogens is 579 g/mol. The second kappa shape index (κ2) is 7.67. The molecule has 0 atom stereocenters. The average Bonchev–Trinajstić information content (AvgIpc) is 2.25. The lowest BCUT2D eigenvalue weighted by molar-refractivity contribution is -0.137. The molecule has 0 spiro atoms. The molecule has 1 amide bonds. The number of nitrogens with one attached hydrogen (secondary N) is 1. The van der Waals surface area contributed by atoms with Gasteiger partial charge in [0.25, 0.3) is 0 Å². The fourth-order valence-electron chi connectivity index (χ4n) is 1.01. The molecule has 0 fully saturated rings. The van der Waals surface area contributed by atoms with E-state index in [-0.39, 0.29) is 13.0 Å². The van der Waals surface area contributed by atoms with Gasteiger partial charge >= 0.3 is 12.1 Å². The normalized spacial score (nSPS) is 9.94. The quantitative estimate of drug-likeness (QED) is 0.418. The molecule has 0 saturated heterocycles. The zero-order valence-electron chi connectivity index (χ0n) is 8.87. The number of benzene rings is 1. The topological polar surface area (TPSA) is 75.6 Å². The van der Waals surface area contributed by atoms with Gasteiger partial charge in [0.05, 0.1) is 6.42 Å². The summed E-state index contributed by atoms with van der Waals surface area (Å²) in [6, 6.07) is 3.64. The van der Waals surface area contributed by atoms with E-state index in [4.69, 9.17) is 9.84 Å². The summed E-state index contributed by atoms with van der Waals surface area (Å²) in [4.78, 5) is 21.6. The van der Waals surface area contributed by atoms with E-state index >= 15 is 0 Å². The number of rotatable bonds is 4. The van der Waals surface area contributed by atoms with Crippen LogP contribution in [0.25, 0.3) is 0 Å². The summed E-state index contributed by atoms with van der Waals surface area (Å²) >= 11 is 6.58. The van der Waals surface area contributed by atoms with Crippen molar-refractivity contribution in [1.82, 2.24) is 0 Å². The smallest absolute Gasteiger partial charge is 0.411 e. The molecule has 0 bridgehead atoms. The summed E-state index contributed by atoms with van der Waals surface area (Å²) in [7, 11) is 0. The Kier molecular flexibility index (Phi) is 6.90. The minimum atomic E-state index is -0.999. The van der Waals surface area contributed by atoms with E-state index in [9.17, 15) is 9.59 Å². The van der Waals surface area contributed by atoms with Gasteiger partial charge < -0.3 is 9.84 Å². The maximum atomic E-state index is 11.4. The van der Waals surface area contributed by atoms with Crippen molar-refractivity contribution in [3.05, 3.63) is 22.8 Å². The van der Waals surface area contributed by atoms with E-state index in [0.29, 0.717) is 5.69 Å². The van der Waals surface area contributed by atoms with Crippen LogP contribution in [0, 0.1) is 10.7 Å². The number of aliphatic carboxylic acids is 1. The largest absolute Gasteiger partial charge is 0.481 e. The van der Waals surface area contributed by atoms with Gasteiger partial charge in [-0.15, -0.1) is 0 Å². The minimum absolute atomic E-state index is 0.139. The summed E-state index contributed by atoms with van der Waals surface area (Å²) < 4.78 is 7.91. The van der Waals surface area contributed by atoms with Gasteiger partial charge in [0.1, 0.15) is 6.61 Å². The van der Waals surface area contributed by atoms with Gasteiger partial charge in [-0.05, 0) is 79.9 Å². The number of carboxylic acids is 1. The summed E-state index contributed by atoms with van der Waals surface area (Å²) in [5.74, 6) is -0.999. The zero-order chi connectivity index (χ0) is 13.7. The highest BCUT2D eigenvalue weighted by atomic mass is 127. The summed E-state index contributed by atoms with van der Waals surface area (Å²) in [6.45, 7) is -0.139. The first-order chi connectivity index (χ1) is 8.40. The predicted molar refractivity (Wildman–Crippen MR) is 91.8 cm³/mol. The Morgan fingerprint density at radius 3 is 2.28 bits per heavy atom. The Morgan fingerprint density at radius 1 is 1.22 bits per heavy atom. The van der Waals surface area contributed by atoms with Crippen molar-refractivity contribution >= 4 is 85.5 Å². The van der Waals surface area contributed by atoms with E-state index in [1.807, 2.05) is 12.1 Å². The molecule has 98 valence electrons. The van der Waals surface area contributed by atoms with Gasteiger partial charge in [-0.25, -0.2) is 4.79 Å². The molecule has 0 heterocycles. The van der Waals surface area contributed by atoms with Crippen molar-refractivity contribution in [2.45, 2.75) is 6.42 Å². The number of halogens is 3. The standard InChI is InChI=1S/C10H8I3NO4/c11-6-3-5(4-7(12)9(6)13)14-10(17)18-2-1-8(15)16/h3-4H,1-2H2,(H,14,17)(H,15,16). The molecule has 1 aromatic carbocycles. The van der Waals surface area contributed by atoms with Crippen LogP contribution in [0.3, 0.4) is 0 Å². The Balaban J connectivity index is 2.57. The highest BCUT2D eigenvalue weighted by molar-refractivity contribution is 14.1. The van der Waals surface area contributed by atoms with Crippen LogP contribution >= 0.6 is 67.8 Å². The van der Waals surface area contributed by atoms with Gasteiger partial charge in [0.2, 0.25) is 0 Å². The summed E-state index contributed by atoms with van der Waals surface area (Å²) in [6.07, 6.45) is -0.848. The van der Waals surface area contributed by atoms with Gasteiger partial charge in [-0.1, -0.05) is 0 Å². The number of hydrogen-bond acceptors (Lipinski definition) is 3. The first-order valence-corrected chi connectivity index (χ1v) is 7.94. The van der Waals surface area contributed by atoms with Crippen LogP contribution in [0.1, 0.15) is 6.42 Å². The number of hydrogen-bond donors (Lipinski definition) is 2. The molecule has 0 aliphatic heterocycles. The highest BCUT2D eigenvalue weighted by Gasteiger charge is 2.08. The van der Waals surface area contributed by atoms with Crippen LogP contribution < -0.4 is 5.32 Å². The predicted octanol–water partition coefficient (Wildman–Crippen LogP) is 3.52. The Morgan fingerprint density at radius 2 is 1.78 bits per heavy atom. The van der Waals surface area contributed by atoms with E-state index in [1.165, 1.54) is 0 Å². The van der Waals surface area contributed by atoms with E-state index in [1.54, 1.807) is 0 Å². The molecule has 0 unspecified atom stereocenters. The molecule has 1 aromatic rings. The lowest BCUT2D eigenvalue weighted by Gasteiger charge is -2.08. The van der Waals surface area contributed by atoms with Crippen molar-refractivity contribution < 1.29 is 19.4 Å². The monoisotopic (exact) mass is 587 g/mol. The van der Waals surface area contributed by atoms with Crippen molar-refractivity contribution in [1.29, 1.82) is 0 Å². The summed E-state index contributed by atoms with van der Waals surface area (Å²) in [5, 5.41) is 11.0. The lowest BCUT2D eigenvalue weighted by Crippen LogP contribution is -2.16.